The van der Waals surface area contributed by atoms with Crippen molar-refractivity contribution >= 4 is 18.5 Å². The van der Waals surface area contributed by atoms with E-state index in [1.807, 2.05) is 30.3 Å². The Morgan fingerprint density at radius 2 is 1.83 bits per heavy atom. The average Bonchev–Trinajstić information content (AvgIpc) is 2.87. The van der Waals surface area contributed by atoms with E-state index in [1.165, 1.54) is 5.56 Å². The number of carbonyl (C=O) groups excluding carboxylic acids is 1. The highest BCUT2D eigenvalue weighted by atomic mass is 35.5. The predicted octanol–water partition coefficient (Wildman–Crippen LogP) is 4.10. The zero-order valence-corrected chi connectivity index (χ0v) is 12.8. The van der Waals surface area contributed by atoms with E-state index in [2.05, 4.69) is 10.1 Å². The fourth-order valence-electron chi connectivity index (χ4n) is 3.18. The first-order valence-electron chi connectivity index (χ1n) is 7.07. The summed E-state index contributed by atoms with van der Waals surface area (Å²) in [5.74, 6) is -3.12. The Morgan fingerprint density at radius 1 is 1.09 bits per heavy atom. The minimum absolute atomic E-state index is 0. The Morgan fingerprint density at radius 3 is 2.65 bits per heavy atom. The smallest absolute Gasteiger partial charge is 0.408 e. The highest BCUT2D eigenvalue weighted by molar-refractivity contribution is 5.85. The number of amides is 1. The molecule has 0 unspecified atom stereocenters. The molecule has 1 fully saturated rings. The first-order valence-corrected chi connectivity index (χ1v) is 7.07. The lowest BCUT2D eigenvalue weighted by Gasteiger charge is -2.32. The van der Waals surface area contributed by atoms with Crippen molar-refractivity contribution < 1.29 is 18.3 Å². The van der Waals surface area contributed by atoms with E-state index in [1.54, 1.807) is 12.1 Å². The molecule has 1 aliphatic heterocycles. The minimum Gasteiger partial charge on any atom is -0.443 e. The summed E-state index contributed by atoms with van der Waals surface area (Å²) in [7, 11) is 0. The second-order valence-corrected chi connectivity index (χ2v) is 5.67. The molecule has 23 heavy (non-hydrogen) atoms. The second-order valence-electron chi connectivity index (χ2n) is 5.67. The number of fused-ring (bicyclic) bond motifs is 3. The van der Waals surface area contributed by atoms with Crippen LogP contribution >= 0.6 is 12.4 Å². The van der Waals surface area contributed by atoms with Crippen LogP contribution < -0.4 is 5.32 Å². The lowest BCUT2D eigenvalue weighted by Crippen LogP contribution is -2.49. The maximum absolute atomic E-state index is 14.0. The van der Waals surface area contributed by atoms with Gasteiger partial charge in [-0.15, -0.1) is 12.4 Å². The molecule has 1 heterocycles. The summed E-state index contributed by atoms with van der Waals surface area (Å²) in [6.45, 7) is -0.888. The van der Waals surface area contributed by atoms with Gasteiger partial charge in [0.15, 0.2) is 6.61 Å². The summed E-state index contributed by atoms with van der Waals surface area (Å²) < 4.78 is 32.4. The molecule has 1 atom stereocenters. The number of ether oxygens (including phenoxy) is 1. The molecular formula is C17H14ClF2NO2. The third-order valence-electron chi connectivity index (χ3n) is 4.23. The molecule has 0 bridgehead atoms. The average molecular weight is 338 g/mol. The predicted molar refractivity (Wildman–Crippen MR) is 84.1 cm³/mol. The maximum atomic E-state index is 14.0. The zero-order valence-electron chi connectivity index (χ0n) is 12.0. The first kappa shape index (κ1) is 15.7. The standard InChI is InChI=1S/C17H13F2NO2.ClH/c18-17(19)9-22-16(21)20-15(17)11-5-6-14-12(8-11)7-10-3-1-2-4-13(10)14;/h1-6,8,15H,7,9H2,(H,20,21);1H/t15-;/m1./s1. The van der Waals surface area contributed by atoms with E-state index in [4.69, 9.17) is 0 Å². The molecule has 0 saturated carbocycles. The summed E-state index contributed by atoms with van der Waals surface area (Å²) in [5, 5.41) is 2.22. The number of cyclic esters (lactones) is 1. The normalized spacial score (nSPS) is 20.6. The fraction of sp³-hybridized carbons (Fsp3) is 0.235. The first-order chi connectivity index (χ1) is 10.5. The van der Waals surface area contributed by atoms with Crippen LogP contribution in [0.5, 0.6) is 0 Å². The molecule has 6 heteroatoms. The van der Waals surface area contributed by atoms with Crippen molar-refractivity contribution in [2.45, 2.75) is 18.4 Å². The topological polar surface area (TPSA) is 38.3 Å². The van der Waals surface area contributed by atoms with Crippen LogP contribution in [0.4, 0.5) is 13.6 Å². The number of carbonyl (C=O) groups is 1. The Bertz CT molecular complexity index is 779. The Hall–Kier alpha value is -2.14. The van der Waals surface area contributed by atoms with Crippen molar-refractivity contribution in [3.63, 3.8) is 0 Å². The lowest BCUT2D eigenvalue weighted by molar-refractivity contribution is -0.104. The fourth-order valence-corrected chi connectivity index (χ4v) is 3.18. The third kappa shape index (κ3) is 2.55. The molecule has 3 nitrogen and oxygen atoms in total. The van der Waals surface area contributed by atoms with Gasteiger partial charge in [-0.2, -0.15) is 0 Å². The zero-order chi connectivity index (χ0) is 15.3. The minimum atomic E-state index is -3.12. The summed E-state index contributed by atoms with van der Waals surface area (Å²) in [4.78, 5) is 11.3. The van der Waals surface area contributed by atoms with Gasteiger partial charge in [0.1, 0.15) is 6.04 Å². The van der Waals surface area contributed by atoms with Gasteiger partial charge in [0.25, 0.3) is 0 Å². The molecule has 4 rings (SSSR count). The van der Waals surface area contributed by atoms with E-state index in [9.17, 15) is 13.6 Å². The number of benzene rings is 2. The van der Waals surface area contributed by atoms with Crippen molar-refractivity contribution in [1.82, 2.24) is 5.32 Å². The molecule has 0 spiro atoms. The van der Waals surface area contributed by atoms with Crippen LogP contribution in [0.25, 0.3) is 11.1 Å². The Balaban J connectivity index is 0.00000156. The van der Waals surface area contributed by atoms with Gasteiger partial charge in [0.2, 0.25) is 0 Å². The van der Waals surface area contributed by atoms with Crippen LogP contribution in [0, 0.1) is 0 Å². The lowest BCUT2D eigenvalue weighted by atomic mass is 9.95. The van der Waals surface area contributed by atoms with Crippen molar-refractivity contribution in [2.24, 2.45) is 0 Å². The monoisotopic (exact) mass is 337 g/mol. The van der Waals surface area contributed by atoms with Gasteiger partial charge in [0.05, 0.1) is 0 Å². The quantitative estimate of drug-likeness (QED) is 0.726. The number of hydrogen-bond acceptors (Lipinski definition) is 2. The van der Waals surface area contributed by atoms with Gasteiger partial charge in [-0.25, -0.2) is 13.6 Å². The number of alkyl halides is 2. The number of nitrogens with one attached hydrogen (secondary N) is 1. The highest BCUT2D eigenvalue weighted by Crippen LogP contribution is 2.40. The van der Waals surface area contributed by atoms with Gasteiger partial charge < -0.3 is 10.1 Å². The molecule has 1 aliphatic carbocycles. The van der Waals surface area contributed by atoms with Crippen molar-refractivity contribution in [2.75, 3.05) is 6.61 Å². The molecular weight excluding hydrogens is 324 g/mol. The SMILES string of the molecule is Cl.O=C1N[C@H](c2ccc3c(c2)Cc2ccccc2-3)C(F)(F)CO1. The maximum Gasteiger partial charge on any atom is 0.408 e. The Labute approximate surface area is 138 Å². The number of hydrogen-bond donors (Lipinski definition) is 1. The molecule has 120 valence electrons. The van der Waals surface area contributed by atoms with Gasteiger partial charge in [-0.3, -0.25) is 0 Å². The van der Waals surface area contributed by atoms with Crippen LogP contribution in [0.2, 0.25) is 0 Å². The number of alkyl carbamates (subject to hydrolysis) is 1. The summed E-state index contributed by atoms with van der Waals surface area (Å²) in [6, 6.07) is 11.9. The van der Waals surface area contributed by atoms with E-state index in [-0.39, 0.29) is 12.4 Å². The molecule has 1 N–H and O–H groups in total. The van der Waals surface area contributed by atoms with Crippen molar-refractivity contribution in [3.05, 3.63) is 59.2 Å². The Kier molecular flexibility index (Phi) is 3.76. The van der Waals surface area contributed by atoms with Crippen LogP contribution in [-0.2, 0) is 11.2 Å². The van der Waals surface area contributed by atoms with Crippen molar-refractivity contribution in [3.8, 4) is 11.1 Å². The van der Waals surface area contributed by atoms with Crippen LogP contribution in [0.1, 0.15) is 22.7 Å². The summed E-state index contributed by atoms with van der Waals surface area (Å²) in [5.41, 5.74) is 4.83. The third-order valence-corrected chi connectivity index (χ3v) is 4.23. The van der Waals surface area contributed by atoms with Gasteiger partial charge in [-0.1, -0.05) is 42.5 Å². The van der Waals surface area contributed by atoms with Gasteiger partial charge in [-0.05, 0) is 34.2 Å². The van der Waals surface area contributed by atoms with Gasteiger partial charge in [0, 0.05) is 0 Å². The summed E-state index contributed by atoms with van der Waals surface area (Å²) >= 11 is 0. The number of rotatable bonds is 1. The molecule has 1 amide bonds. The molecule has 0 aromatic heterocycles. The largest absolute Gasteiger partial charge is 0.443 e. The van der Waals surface area contributed by atoms with Crippen LogP contribution in [0.3, 0.4) is 0 Å². The van der Waals surface area contributed by atoms with E-state index >= 15 is 0 Å². The van der Waals surface area contributed by atoms with Crippen molar-refractivity contribution in [1.29, 1.82) is 0 Å². The van der Waals surface area contributed by atoms with E-state index in [0.29, 0.717) is 5.56 Å². The molecule has 2 aromatic rings. The van der Waals surface area contributed by atoms with Gasteiger partial charge >= 0.3 is 12.0 Å². The second kappa shape index (κ2) is 5.49. The van der Waals surface area contributed by atoms with E-state index in [0.717, 1.165) is 23.1 Å². The number of halogens is 3. The van der Waals surface area contributed by atoms with Crippen LogP contribution in [-0.4, -0.2) is 18.6 Å². The van der Waals surface area contributed by atoms with E-state index < -0.39 is 24.7 Å². The van der Waals surface area contributed by atoms with Crippen LogP contribution in [0.15, 0.2) is 42.5 Å². The summed E-state index contributed by atoms with van der Waals surface area (Å²) in [6.07, 6.45) is -0.0815. The molecule has 2 aromatic carbocycles. The highest BCUT2D eigenvalue weighted by Gasteiger charge is 2.47. The molecule has 2 aliphatic rings. The molecule has 1 saturated heterocycles. The molecule has 0 radical (unpaired) electrons.